The van der Waals surface area contributed by atoms with Crippen molar-refractivity contribution in [3.05, 3.63) is 38.3 Å². The Morgan fingerprint density at radius 2 is 1.92 bits per heavy atom. The molecule has 1 atom stereocenters. The van der Waals surface area contributed by atoms with Gasteiger partial charge in [-0.25, -0.2) is 9.78 Å². The summed E-state index contributed by atoms with van der Waals surface area (Å²) < 4.78 is 4.08. The third-order valence-electron chi connectivity index (χ3n) is 3.83. The SMILES string of the molecule is CC(C)=CCn1c(C(=N)CC(C)N)nc2c1c(=O)n(C)c(=O)n2C. The van der Waals surface area contributed by atoms with Crippen LogP contribution in [0.5, 0.6) is 0 Å². The Labute approximate surface area is 139 Å². The van der Waals surface area contributed by atoms with Gasteiger partial charge >= 0.3 is 5.69 Å². The highest BCUT2D eigenvalue weighted by Crippen LogP contribution is 2.14. The predicted octanol–water partition coefficient (Wildman–Crippen LogP) is 0.505. The molecule has 2 rings (SSSR count). The van der Waals surface area contributed by atoms with E-state index in [4.69, 9.17) is 11.1 Å². The number of hydrogen-bond acceptors (Lipinski definition) is 5. The maximum absolute atomic E-state index is 12.6. The topological polar surface area (TPSA) is 112 Å². The molecule has 0 radical (unpaired) electrons. The van der Waals surface area contributed by atoms with Crippen LogP contribution in [0.15, 0.2) is 21.2 Å². The first-order valence-corrected chi connectivity index (χ1v) is 7.78. The molecule has 1 unspecified atom stereocenters. The molecule has 0 aliphatic heterocycles. The molecule has 0 fully saturated rings. The van der Waals surface area contributed by atoms with Crippen molar-refractivity contribution < 1.29 is 0 Å². The lowest BCUT2D eigenvalue weighted by Crippen LogP contribution is -2.37. The first-order valence-electron chi connectivity index (χ1n) is 7.78. The maximum atomic E-state index is 12.6. The Kier molecular flexibility index (Phi) is 4.88. The number of fused-ring (bicyclic) bond motifs is 1. The zero-order valence-electron chi connectivity index (χ0n) is 14.8. The van der Waals surface area contributed by atoms with Gasteiger partial charge in [0.2, 0.25) is 0 Å². The minimum absolute atomic E-state index is 0.194. The van der Waals surface area contributed by atoms with Gasteiger partial charge in [-0.05, 0) is 20.8 Å². The van der Waals surface area contributed by atoms with Crippen LogP contribution in [0.1, 0.15) is 33.0 Å². The number of hydrogen-bond donors (Lipinski definition) is 2. The third-order valence-corrected chi connectivity index (χ3v) is 3.83. The highest BCUT2D eigenvalue weighted by molar-refractivity contribution is 5.98. The van der Waals surface area contributed by atoms with Gasteiger partial charge in [0.25, 0.3) is 5.56 Å². The van der Waals surface area contributed by atoms with Crippen LogP contribution in [0.4, 0.5) is 0 Å². The molecule has 24 heavy (non-hydrogen) atoms. The third kappa shape index (κ3) is 3.09. The van der Waals surface area contributed by atoms with Gasteiger partial charge in [0.1, 0.15) is 0 Å². The number of imidazole rings is 1. The van der Waals surface area contributed by atoms with Crippen LogP contribution >= 0.6 is 0 Å². The summed E-state index contributed by atoms with van der Waals surface area (Å²) in [5, 5.41) is 8.29. The molecule has 0 aliphatic rings. The van der Waals surface area contributed by atoms with Gasteiger partial charge in [-0.1, -0.05) is 11.6 Å². The van der Waals surface area contributed by atoms with Crippen LogP contribution in [-0.4, -0.2) is 30.4 Å². The molecule has 0 bridgehead atoms. The molecule has 3 N–H and O–H groups in total. The average Bonchev–Trinajstić information content (AvgIpc) is 2.87. The molecule has 130 valence electrons. The highest BCUT2D eigenvalue weighted by Gasteiger charge is 2.21. The van der Waals surface area contributed by atoms with Crippen molar-refractivity contribution in [2.45, 2.75) is 39.8 Å². The van der Waals surface area contributed by atoms with Crippen molar-refractivity contribution in [3.8, 4) is 0 Å². The van der Waals surface area contributed by atoms with E-state index in [9.17, 15) is 9.59 Å². The molecule has 0 saturated carbocycles. The Balaban J connectivity index is 2.85. The lowest BCUT2D eigenvalue weighted by atomic mass is 10.1. The average molecular weight is 332 g/mol. The summed E-state index contributed by atoms with van der Waals surface area (Å²) in [7, 11) is 3.01. The van der Waals surface area contributed by atoms with Crippen LogP contribution in [0.2, 0.25) is 0 Å². The lowest BCUT2D eigenvalue weighted by molar-refractivity contribution is 0.703. The summed E-state index contributed by atoms with van der Waals surface area (Å²) in [6.07, 6.45) is 2.29. The fourth-order valence-corrected chi connectivity index (χ4v) is 2.54. The standard InChI is InChI=1S/C16H24N6O2/c1-9(2)6-7-22-12-14(19-13(22)11(18)8-10(3)17)20(4)16(24)21(5)15(12)23/h6,10,18H,7-8,17H2,1-5H3. The molecule has 0 amide bonds. The van der Waals surface area contributed by atoms with E-state index >= 15 is 0 Å². The minimum atomic E-state index is -0.440. The fourth-order valence-electron chi connectivity index (χ4n) is 2.54. The van der Waals surface area contributed by atoms with Gasteiger partial charge in [-0.2, -0.15) is 0 Å². The normalized spacial score (nSPS) is 12.4. The number of aryl methyl sites for hydroxylation is 1. The lowest BCUT2D eigenvalue weighted by Gasteiger charge is -2.10. The van der Waals surface area contributed by atoms with Crippen LogP contribution in [0.3, 0.4) is 0 Å². The highest BCUT2D eigenvalue weighted by atomic mass is 16.2. The monoisotopic (exact) mass is 332 g/mol. The summed E-state index contributed by atoms with van der Waals surface area (Å²) in [6, 6.07) is -0.194. The number of rotatable bonds is 5. The van der Waals surface area contributed by atoms with E-state index in [1.54, 1.807) is 11.6 Å². The van der Waals surface area contributed by atoms with Crippen LogP contribution in [-0.2, 0) is 20.6 Å². The Morgan fingerprint density at radius 1 is 1.29 bits per heavy atom. The number of nitrogens with one attached hydrogen (secondary N) is 1. The van der Waals surface area contributed by atoms with E-state index in [0.717, 1.165) is 10.1 Å². The molecule has 8 nitrogen and oxygen atoms in total. The Morgan fingerprint density at radius 3 is 2.46 bits per heavy atom. The second-order valence-electron chi connectivity index (χ2n) is 6.37. The van der Waals surface area contributed by atoms with E-state index in [0.29, 0.717) is 24.3 Å². The van der Waals surface area contributed by atoms with Crippen molar-refractivity contribution in [2.24, 2.45) is 19.8 Å². The first kappa shape index (κ1) is 17.9. The summed E-state index contributed by atoms with van der Waals surface area (Å²) in [5.74, 6) is 0.373. The zero-order chi connectivity index (χ0) is 18.2. The number of nitrogens with two attached hydrogens (primary N) is 1. The molecule has 2 heterocycles. The molecule has 0 spiro atoms. The van der Waals surface area contributed by atoms with E-state index in [1.807, 2.05) is 26.8 Å². The Bertz CT molecular complexity index is 938. The second kappa shape index (κ2) is 6.56. The summed E-state index contributed by atoms with van der Waals surface area (Å²) in [4.78, 5) is 29.1. The van der Waals surface area contributed by atoms with Gasteiger partial charge in [-0.15, -0.1) is 0 Å². The summed E-state index contributed by atoms with van der Waals surface area (Å²) in [6.45, 7) is 6.13. The second-order valence-corrected chi connectivity index (χ2v) is 6.37. The molecule has 0 aliphatic carbocycles. The maximum Gasteiger partial charge on any atom is 0.332 e. The number of allylic oxidation sites excluding steroid dienone is 2. The summed E-state index contributed by atoms with van der Waals surface area (Å²) in [5.41, 5.74) is 6.88. The molecule has 0 aromatic carbocycles. The van der Waals surface area contributed by atoms with E-state index in [1.165, 1.54) is 11.6 Å². The smallest absolute Gasteiger partial charge is 0.328 e. The molecule has 0 saturated heterocycles. The van der Waals surface area contributed by atoms with Crippen molar-refractivity contribution >= 4 is 16.9 Å². The van der Waals surface area contributed by atoms with Gasteiger partial charge in [0.05, 0.1) is 5.71 Å². The van der Waals surface area contributed by atoms with E-state index in [-0.39, 0.29) is 17.4 Å². The zero-order valence-corrected chi connectivity index (χ0v) is 14.8. The molecule has 2 aromatic heterocycles. The van der Waals surface area contributed by atoms with E-state index < -0.39 is 11.2 Å². The van der Waals surface area contributed by atoms with Crippen LogP contribution in [0, 0.1) is 5.41 Å². The van der Waals surface area contributed by atoms with Crippen LogP contribution < -0.4 is 17.0 Å². The predicted molar refractivity (Wildman–Crippen MR) is 94.7 cm³/mol. The van der Waals surface area contributed by atoms with Crippen molar-refractivity contribution in [1.82, 2.24) is 18.7 Å². The van der Waals surface area contributed by atoms with Crippen molar-refractivity contribution in [2.75, 3.05) is 0 Å². The van der Waals surface area contributed by atoms with Crippen molar-refractivity contribution in [3.63, 3.8) is 0 Å². The number of nitrogens with zero attached hydrogens (tertiary/aromatic N) is 4. The van der Waals surface area contributed by atoms with Gasteiger partial charge in [0.15, 0.2) is 17.0 Å². The Hall–Kier alpha value is -2.48. The first-order chi connectivity index (χ1) is 11.1. The largest absolute Gasteiger partial charge is 0.332 e. The van der Waals surface area contributed by atoms with Crippen LogP contribution in [0.25, 0.3) is 11.2 Å². The quantitative estimate of drug-likeness (QED) is 0.613. The molecular weight excluding hydrogens is 308 g/mol. The number of aromatic nitrogens is 4. The fraction of sp³-hybridized carbons (Fsp3) is 0.500. The summed E-state index contributed by atoms with van der Waals surface area (Å²) >= 11 is 0. The van der Waals surface area contributed by atoms with Gasteiger partial charge < -0.3 is 15.7 Å². The van der Waals surface area contributed by atoms with Gasteiger partial charge in [0, 0.05) is 33.1 Å². The van der Waals surface area contributed by atoms with Gasteiger partial charge in [-0.3, -0.25) is 13.9 Å². The molecular formula is C16H24N6O2. The molecule has 2 aromatic rings. The minimum Gasteiger partial charge on any atom is -0.328 e. The van der Waals surface area contributed by atoms with E-state index in [2.05, 4.69) is 4.98 Å². The molecule has 8 heteroatoms. The van der Waals surface area contributed by atoms with Crippen molar-refractivity contribution in [1.29, 1.82) is 5.41 Å².